The van der Waals surface area contributed by atoms with Gasteiger partial charge in [0, 0.05) is 12.7 Å². The van der Waals surface area contributed by atoms with Crippen LogP contribution in [0.5, 0.6) is 5.75 Å². The van der Waals surface area contributed by atoms with Gasteiger partial charge < -0.3 is 16.2 Å². The van der Waals surface area contributed by atoms with Crippen molar-refractivity contribution in [1.82, 2.24) is 4.98 Å². The molecule has 5 heteroatoms. The summed E-state index contributed by atoms with van der Waals surface area (Å²) in [6, 6.07) is 8.91. The van der Waals surface area contributed by atoms with Crippen molar-refractivity contribution in [2.24, 2.45) is 0 Å². The third-order valence-electron chi connectivity index (χ3n) is 2.61. The Morgan fingerprint density at radius 1 is 1.22 bits per heavy atom. The van der Waals surface area contributed by atoms with Gasteiger partial charge in [0.1, 0.15) is 5.75 Å². The third kappa shape index (κ3) is 3.05. The molecule has 1 aromatic carbocycles. The number of rotatable bonds is 4. The first-order valence-electron chi connectivity index (χ1n) is 5.58. The highest BCUT2D eigenvalue weighted by atomic mass is 35.5. The van der Waals surface area contributed by atoms with Crippen molar-refractivity contribution in [3.8, 4) is 5.75 Å². The van der Waals surface area contributed by atoms with Crippen LogP contribution in [0.15, 0.2) is 36.5 Å². The lowest BCUT2D eigenvalue weighted by Gasteiger charge is -2.09. The second-order valence-electron chi connectivity index (χ2n) is 3.91. The number of anilines is 2. The van der Waals surface area contributed by atoms with Gasteiger partial charge in [0.05, 0.1) is 11.4 Å². The van der Waals surface area contributed by atoms with Gasteiger partial charge in [-0.3, -0.25) is 0 Å². The molecule has 0 spiro atoms. The summed E-state index contributed by atoms with van der Waals surface area (Å²) >= 11 is 5.82. The molecular formula is C13H14ClN3O. The van der Waals surface area contributed by atoms with E-state index in [9.17, 15) is 5.11 Å². The van der Waals surface area contributed by atoms with E-state index in [0.717, 1.165) is 24.2 Å². The van der Waals surface area contributed by atoms with Gasteiger partial charge in [0.2, 0.25) is 0 Å². The number of pyridine rings is 1. The number of aromatic hydroxyl groups is 1. The quantitative estimate of drug-likeness (QED) is 0.742. The molecule has 4 N–H and O–H groups in total. The second kappa shape index (κ2) is 5.60. The zero-order valence-electron chi connectivity index (χ0n) is 9.73. The topological polar surface area (TPSA) is 71.2 Å². The molecule has 0 saturated heterocycles. The number of phenolic OH excluding ortho intramolecular Hbond substituents is 1. The highest BCUT2D eigenvalue weighted by Gasteiger charge is 2.03. The zero-order chi connectivity index (χ0) is 13.0. The van der Waals surface area contributed by atoms with Crippen LogP contribution < -0.4 is 11.1 Å². The Morgan fingerprint density at radius 2 is 1.94 bits per heavy atom. The molecule has 0 fully saturated rings. The summed E-state index contributed by atoms with van der Waals surface area (Å²) in [6.45, 7) is 0.731. The maximum atomic E-state index is 9.17. The Bertz CT molecular complexity index is 528. The van der Waals surface area contributed by atoms with E-state index in [1.165, 1.54) is 0 Å². The van der Waals surface area contributed by atoms with Gasteiger partial charge in [-0.15, -0.1) is 0 Å². The molecule has 0 amide bonds. The maximum absolute atomic E-state index is 9.17. The van der Waals surface area contributed by atoms with Crippen LogP contribution in [0.3, 0.4) is 0 Å². The smallest absolute Gasteiger partial charge is 0.153 e. The predicted octanol–water partition coefficient (Wildman–Crippen LogP) is 2.68. The van der Waals surface area contributed by atoms with E-state index in [4.69, 9.17) is 17.3 Å². The van der Waals surface area contributed by atoms with Gasteiger partial charge in [-0.2, -0.15) is 0 Å². The largest absolute Gasteiger partial charge is 0.508 e. The Balaban J connectivity index is 1.92. The number of aromatic nitrogens is 1. The number of benzene rings is 1. The zero-order valence-corrected chi connectivity index (χ0v) is 10.5. The molecule has 0 radical (unpaired) electrons. The van der Waals surface area contributed by atoms with E-state index in [1.807, 2.05) is 12.1 Å². The van der Waals surface area contributed by atoms with Crippen molar-refractivity contribution in [3.05, 3.63) is 47.2 Å². The fourth-order valence-corrected chi connectivity index (χ4v) is 1.76. The van der Waals surface area contributed by atoms with Crippen LogP contribution in [-0.4, -0.2) is 16.6 Å². The van der Waals surface area contributed by atoms with Crippen molar-refractivity contribution < 1.29 is 5.11 Å². The molecule has 0 atom stereocenters. The summed E-state index contributed by atoms with van der Waals surface area (Å²) in [6.07, 6.45) is 2.45. The Labute approximate surface area is 110 Å². The molecule has 2 rings (SSSR count). The minimum absolute atomic E-state index is 0.275. The third-order valence-corrected chi connectivity index (χ3v) is 2.91. The van der Waals surface area contributed by atoms with E-state index >= 15 is 0 Å². The van der Waals surface area contributed by atoms with Gasteiger partial charge in [0.15, 0.2) is 5.15 Å². The van der Waals surface area contributed by atoms with Crippen molar-refractivity contribution >= 4 is 23.0 Å². The summed E-state index contributed by atoms with van der Waals surface area (Å²) in [5, 5.41) is 12.7. The lowest BCUT2D eigenvalue weighted by atomic mass is 10.1. The molecule has 18 heavy (non-hydrogen) atoms. The molecule has 1 heterocycles. The van der Waals surface area contributed by atoms with Gasteiger partial charge >= 0.3 is 0 Å². The average molecular weight is 264 g/mol. The van der Waals surface area contributed by atoms with Gasteiger partial charge in [0.25, 0.3) is 0 Å². The summed E-state index contributed by atoms with van der Waals surface area (Å²) in [5.74, 6) is 0.275. The fourth-order valence-electron chi connectivity index (χ4n) is 1.61. The summed E-state index contributed by atoms with van der Waals surface area (Å²) in [7, 11) is 0. The van der Waals surface area contributed by atoms with E-state index in [1.54, 1.807) is 24.4 Å². The molecule has 0 saturated carbocycles. The van der Waals surface area contributed by atoms with Gasteiger partial charge in [-0.25, -0.2) is 4.98 Å². The van der Waals surface area contributed by atoms with E-state index < -0.39 is 0 Å². The average Bonchev–Trinajstić information content (AvgIpc) is 2.37. The number of nitrogens with one attached hydrogen (secondary N) is 1. The minimum Gasteiger partial charge on any atom is -0.508 e. The molecule has 0 unspecified atom stereocenters. The SMILES string of the molecule is Nc1c(NCCc2ccc(O)cc2)ccnc1Cl. The first-order valence-corrected chi connectivity index (χ1v) is 5.96. The minimum atomic E-state index is 0.275. The molecular weight excluding hydrogens is 250 g/mol. The van der Waals surface area contributed by atoms with Gasteiger partial charge in [-0.05, 0) is 30.2 Å². The lowest BCUT2D eigenvalue weighted by molar-refractivity contribution is 0.475. The first kappa shape index (κ1) is 12.5. The standard InChI is InChI=1S/C13H14ClN3O/c14-13-12(15)11(6-8-17-13)16-7-5-9-1-3-10(18)4-2-9/h1-4,6,8,18H,5,7,15H2,(H,16,17). The van der Waals surface area contributed by atoms with Gasteiger partial charge in [-0.1, -0.05) is 23.7 Å². The molecule has 4 nitrogen and oxygen atoms in total. The summed E-state index contributed by atoms with van der Waals surface area (Å²) in [5.41, 5.74) is 8.18. The highest BCUT2D eigenvalue weighted by molar-refractivity contribution is 6.32. The number of nitrogens with two attached hydrogens (primary N) is 1. The summed E-state index contributed by atoms with van der Waals surface area (Å²) in [4.78, 5) is 3.89. The lowest BCUT2D eigenvalue weighted by Crippen LogP contribution is -2.07. The second-order valence-corrected chi connectivity index (χ2v) is 4.26. The van der Waals surface area contributed by atoms with Crippen molar-refractivity contribution in [2.45, 2.75) is 6.42 Å². The van der Waals surface area contributed by atoms with E-state index in [-0.39, 0.29) is 5.75 Å². The molecule has 0 bridgehead atoms. The summed E-state index contributed by atoms with van der Waals surface area (Å²) < 4.78 is 0. The number of phenols is 1. The molecule has 0 aliphatic rings. The number of nitrogen functional groups attached to an aromatic ring is 1. The van der Waals surface area contributed by atoms with Crippen molar-refractivity contribution in [2.75, 3.05) is 17.6 Å². The van der Waals surface area contributed by atoms with Crippen molar-refractivity contribution in [3.63, 3.8) is 0 Å². The van der Waals surface area contributed by atoms with E-state index in [0.29, 0.717) is 10.8 Å². The van der Waals surface area contributed by atoms with Crippen LogP contribution in [-0.2, 0) is 6.42 Å². The Hall–Kier alpha value is -1.94. The molecule has 2 aromatic rings. The van der Waals surface area contributed by atoms with E-state index in [2.05, 4.69) is 10.3 Å². The van der Waals surface area contributed by atoms with Crippen LogP contribution in [0, 0.1) is 0 Å². The molecule has 0 aliphatic carbocycles. The van der Waals surface area contributed by atoms with Crippen molar-refractivity contribution in [1.29, 1.82) is 0 Å². The Kier molecular flexibility index (Phi) is 3.89. The Morgan fingerprint density at radius 3 is 2.67 bits per heavy atom. The normalized spacial score (nSPS) is 10.3. The molecule has 0 aliphatic heterocycles. The molecule has 1 aromatic heterocycles. The predicted molar refractivity (Wildman–Crippen MR) is 74.0 cm³/mol. The first-order chi connectivity index (χ1) is 8.66. The number of hydrogen-bond acceptors (Lipinski definition) is 4. The molecule has 94 valence electrons. The van der Waals surface area contributed by atoms with Crippen LogP contribution in [0.4, 0.5) is 11.4 Å². The highest BCUT2D eigenvalue weighted by Crippen LogP contribution is 2.24. The van der Waals surface area contributed by atoms with Crippen LogP contribution >= 0.6 is 11.6 Å². The number of hydrogen-bond donors (Lipinski definition) is 3. The van der Waals surface area contributed by atoms with Crippen LogP contribution in [0.25, 0.3) is 0 Å². The van der Waals surface area contributed by atoms with Crippen LogP contribution in [0.1, 0.15) is 5.56 Å². The fraction of sp³-hybridized carbons (Fsp3) is 0.154. The maximum Gasteiger partial charge on any atom is 0.153 e. The monoisotopic (exact) mass is 263 g/mol. The van der Waals surface area contributed by atoms with Crippen LogP contribution in [0.2, 0.25) is 5.15 Å². The number of halogens is 1. The number of nitrogens with zero attached hydrogens (tertiary/aromatic N) is 1.